The lowest BCUT2D eigenvalue weighted by Gasteiger charge is -2.13. The fourth-order valence-electron chi connectivity index (χ4n) is 1.88. The standard InChI is InChI=1S/C12H18N2O5/c15-10(16)7-9(11(17)18)14-12(19)13-6-5-8-3-1-2-4-8/h3,9H,1-2,4-7H2,(H,15,16)(H,17,18)(H2,13,14,19)/t9-/m1/s1. The molecule has 1 aliphatic carbocycles. The van der Waals surface area contributed by atoms with Gasteiger partial charge in [-0.2, -0.15) is 0 Å². The molecule has 2 amide bonds. The van der Waals surface area contributed by atoms with E-state index < -0.39 is 30.4 Å². The molecule has 0 aliphatic heterocycles. The molecule has 0 aromatic rings. The molecule has 0 unspecified atom stereocenters. The lowest BCUT2D eigenvalue weighted by atomic mass is 10.2. The zero-order valence-electron chi connectivity index (χ0n) is 10.5. The van der Waals surface area contributed by atoms with Gasteiger partial charge in [-0.15, -0.1) is 0 Å². The van der Waals surface area contributed by atoms with E-state index in [0.29, 0.717) is 6.54 Å². The SMILES string of the molecule is O=C(O)C[C@@H](NC(=O)NCCC1=CCCC1)C(=O)O. The van der Waals surface area contributed by atoms with Gasteiger partial charge in [0.2, 0.25) is 0 Å². The van der Waals surface area contributed by atoms with Crippen LogP contribution in [-0.2, 0) is 9.59 Å². The lowest BCUT2D eigenvalue weighted by molar-refractivity contribution is -0.145. The molecule has 0 heterocycles. The molecular formula is C12H18N2O5. The van der Waals surface area contributed by atoms with Crippen molar-refractivity contribution in [3.63, 3.8) is 0 Å². The molecule has 0 aromatic carbocycles. The molecule has 0 saturated carbocycles. The molecule has 0 bridgehead atoms. The van der Waals surface area contributed by atoms with E-state index in [-0.39, 0.29) is 0 Å². The highest BCUT2D eigenvalue weighted by Gasteiger charge is 2.22. The second-order valence-electron chi connectivity index (χ2n) is 4.39. The van der Waals surface area contributed by atoms with Gasteiger partial charge in [-0.3, -0.25) is 4.79 Å². The number of carboxylic acids is 2. The molecular weight excluding hydrogens is 252 g/mol. The number of carbonyl (C=O) groups is 3. The largest absolute Gasteiger partial charge is 0.481 e. The van der Waals surface area contributed by atoms with Gasteiger partial charge < -0.3 is 20.8 Å². The van der Waals surface area contributed by atoms with Crippen molar-refractivity contribution in [1.82, 2.24) is 10.6 Å². The van der Waals surface area contributed by atoms with E-state index in [1.807, 2.05) is 0 Å². The monoisotopic (exact) mass is 270 g/mol. The summed E-state index contributed by atoms with van der Waals surface area (Å²) in [5.41, 5.74) is 1.29. The van der Waals surface area contributed by atoms with Gasteiger partial charge >= 0.3 is 18.0 Å². The minimum absolute atomic E-state index is 0.414. The van der Waals surface area contributed by atoms with Crippen LogP contribution < -0.4 is 10.6 Å². The summed E-state index contributed by atoms with van der Waals surface area (Å²) < 4.78 is 0. The van der Waals surface area contributed by atoms with Crippen LogP contribution in [0.15, 0.2) is 11.6 Å². The highest BCUT2D eigenvalue weighted by atomic mass is 16.4. The van der Waals surface area contributed by atoms with Gasteiger partial charge in [-0.1, -0.05) is 11.6 Å². The molecule has 7 nitrogen and oxygen atoms in total. The molecule has 0 fully saturated rings. The molecule has 4 N–H and O–H groups in total. The number of urea groups is 1. The normalized spacial score (nSPS) is 15.5. The van der Waals surface area contributed by atoms with E-state index in [9.17, 15) is 14.4 Å². The van der Waals surface area contributed by atoms with Crippen LogP contribution in [0, 0.1) is 0 Å². The fourth-order valence-corrected chi connectivity index (χ4v) is 1.88. The second kappa shape index (κ2) is 7.40. The van der Waals surface area contributed by atoms with Gasteiger partial charge in [0.05, 0.1) is 6.42 Å². The topological polar surface area (TPSA) is 116 Å². The Labute approximate surface area is 110 Å². The van der Waals surface area contributed by atoms with Crippen LogP contribution in [0.5, 0.6) is 0 Å². The first-order chi connectivity index (χ1) is 8.99. The number of hydrogen-bond donors (Lipinski definition) is 4. The molecule has 1 rings (SSSR count). The van der Waals surface area contributed by atoms with Crippen LogP contribution in [0.2, 0.25) is 0 Å². The zero-order valence-corrected chi connectivity index (χ0v) is 10.5. The van der Waals surface area contributed by atoms with Crippen molar-refractivity contribution in [2.45, 2.75) is 38.1 Å². The van der Waals surface area contributed by atoms with Gasteiger partial charge in [0.1, 0.15) is 6.04 Å². The third kappa shape index (κ3) is 5.89. The second-order valence-corrected chi connectivity index (χ2v) is 4.39. The maximum Gasteiger partial charge on any atom is 0.326 e. The third-order valence-corrected chi connectivity index (χ3v) is 2.85. The van der Waals surface area contributed by atoms with E-state index in [2.05, 4.69) is 16.7 Å². The Balaban J connectivity index is 2.27. The highest BCUT2D eigenvalue weighted by Crippen LogP contribution is 2.19. The van der Waals surface area contributed by atoms with E-state index >= 15 is 0 Å². The minimum Gasteiger partial charge on any atom is -0.481 e. The van der Waals surface area contributed by atoms with E-state index in [1.165, 1.54) is 5.57 Å². The summed E-state index contributed by atoms with van der Waals surface area (Å²) in [5, 5.41) is 21.9. The summed E-state index contributed by atoms with van der Waals surface area (Å²) in [7, 11) is 0. The first kappa shape index (κ1) is 15.0. The first-order valence-electron chi connectivity index (χ1n) is 6.16. The maximum absolute atomic E-state index is 11.4. The molecule has 0 saturated heterocycles. The fraction of sp³-hybridized carbons (Fsp3) is 0.583. The Morgan fingerprint density at radius 2 is 2.05 bits per heavy atom. The van der Waals surface area contributed by atoms with E-state index in [4.69, 9.17) is 10.2 Å². The number of aliphatic carboxylic acids is 2. The molecule has 106 valence electrons. The average Bonchev–Trinajstić information content (AvgIpc) is 2.80. The molecule has 1 aliphatic rings. The van der Waals surface area contributed by atoms with Crippen LogP contribution in [0.1, 0.15) is 32.1 Å². The number of allylic oxidation sites excluding steroid dienone is 1. The van der Waals surface area contributed by atoms with E-state index in [0.717, 1.165) is 25.7 Å². The van der Waals surface area contributed by atoms with Gasteiger partial charge in [-0.05, 0) is 25.7 Å². The Kier molecular flexibility index (Phi) is 5.84. The molecule has 0 spiro atoms. The molecule has 7 heteroatoms. The Hall–Kier alpha value is -2.05. The van der Waals surface area contributed by atoms with Crippen molar-refractivity contribution in [2.24, 2.45) is 0 Å². The summed E-state index contributed by atoms with van der Waals surface area (Å²) in [6.07, 6.45) is 5.49. The van der Waals surface area contributed by atoms with Crippen LogP contribution >= 0.6 is 0 Å². The number of carboxylic acid groups (broad SMARTS) is 2. The summed E-state index contributed by atoms with van der Waals surface area (Å²) in [5.74, 6) is -2.64. The minimum atomic E-state index is -1.41. The van der Waals surface area contributed by atoms with Crippen LogP contribution in [0.25, 0.3) is 0 Å². The van der Waals surface area contributed by atoms with Crippen molar-refractivity contribution in [3.8, 4) is 0 Å². The van der Waals surface area contributed by atoms with Crippen molar-refractivity contribution in [1.29, 1.82) is 0 Å². The highest BCUT2D eigenvalue weighted by molar-refractivity contribution is 5.86. The zero-order chi connectivity index (χ0) is 14.3. The van der Waals surface area contributed by atoms with Crippen molar-refractivity contribution in [3.05, 3.63) is 11.6 Å². The smallest absolute Gasteiger partial charge is 0.326 e. The number of rotatable bonds is 7. The lowest BCUT2D eigenvalue weighted by Crippen LogP contribution is -2.47. The van der Waals surface area contributed by atoms with Crippen molar-refractivity contribution in [2.75, 3.05) is 6.54 Å². The Morgan fingerprint density at radius 1 is 1.32 bits per heavy atom. The average molecular weight is 270 g/mol. The van der Waals surface area contributed by atoms with Crippen molar-refractivity contribution < 1.29 is 24.6 Å². The van der Waals surface area contributed by atoms with Gasteiger partial charge in [0.25, 0.3) is 0 Å². The quantitative estimate of drug-likeness (QED) is 0.508. The summed E-state index contributed by atoms with van der Waals surface area (Å²) >= 11 is 0. The summed E-state index contributed by atoms with van der Waals surface area (Å²) in [6, 6.07) is -2.07. The predicted octanol–water partition coefficient (Wildman–Crippen LogP) is 0.714. The Bertz CT molecular complexity index is 392. The van der Waals surface area contributed by atoms with Gasteiger partial charge in [-0.25, -0.2) is 9.59 Å². The third-order valence-electron chi connectivity index (χ3n) is 2.85. The number of amides is 2. The van der Waals surface area contributed by atoms with Gasteiger partial charge in [0, 0.05) is 6.54 Å². The molecule has 0 radical (unpaired) electrons. The number of nitrogens with one attached hydrogen (secondary N) is 2. The predicted molar refractivity (Wildman–Crippen MR) is 66.8 cm³/mol. The Morgan fingerprint density at radius 3 is 2.58 bits per heavy atom. The van der Waals surface area contributed by atoms with Crippen LogP contribution in [0.3, 0.4) is 0 Å². The van der Waals surface area contributed by atoms with Crippen molar-refractivity contribution >= 4 is 18.0 Å². The first-order valence-corrected chi connectivity index (χ1v) is 6.16. The van der Waals surface area contributed by atoms with Crippen LogP contribution in [0.4, 0.5) is 4.79 Å². The maximum atomic E-state index is 11.4. The van der Waals surface area contributed by atoms with E-state index in [1.54, 1.807) is 0 Å². The summed E-state index contributed by atoms with van der Waals surface area (Å²) in [6.45, 7) is 0.414. The summed E-state index contributed by atoms with van der Waals surface area (Å²) in [4.78, 5) is 32.6. The molecule has 1 atom stereocenters. The number of carbonyl (C=O) groups excluding carboxylic acids is 1. The molecule has 19 heavy (non-hydrogen) atoms. The molecule has 0 aromatic heterocycles. The van der Waals surface area contributed by atoms with Gasteiger partial charge in [0.15, 0.2) is 0 Å². The van der Waals surface area contributed by atoms with Crippen LogP contribution in [-0.4, -0.2) is 40.8 Å². The number of hydrogen-bond acceptors (Lipinski definition) is 3.